The van der Waals surface area contributed by atoms with Gasteiger partial charge < -0.3 is 10.8 Å². The molecule has 0 radical (unpaired) electrons. The van der Waals surface area contributed by atoms with E-state index < -0.39 is 5.97 Å². The van der Waals surface area contributed by atoms with Crippen LogP contribution in [0, 0.1) is 11.8 Å². The first-order valence-electron chi connectivity index (χ1n) is 3.92. The van der Waals surface area contributed by atoms with Gasteiger partial charge in [-0.25, -0.2) is 0 Å². The van der Waals surface area contributed by atoms with Crippen LogP contribution in [-0.4, -0.2) is 17.1 Å². The molecular formula is C8H17NO2. The lowest BCUT2D eigenvalue weighted by Gasteiger charge is -2.21. The molecule has 2 atom stereocenters. The van der Waals surface area contributed by atoms with Gasteiger partial charge in [0.15, 0.2) is 0 Å². The molecule has 0 aliphatic heterocycles. The van der Waals surface area contributed by atoms with Crippen molar-refractivity contribution in [2.75, 3.05) is 0 Å². The maximum atomic E-state index is 10.3. The van der Waals surface area contributed by atoms with Crippen LogP contribution in [-0.2, 0) is 4.79 Å². The number of carbonyl (C=O) groups is 1. The molecule has 0 aromatic rings. The van der Waals surface area contributed by atoms with Crippen molar-refractivity contribution < 1.29 is 9.90 Å². The first kappa shape index (κ1) is 10.4. The normalized spacial score (nSPS) is 16.5. The highest BCUT2D eigenvalue weighted by Gasteiger charge is 2.18. The first-order chi connectivity index (χ1) is 4.95. The maximum Gasteiger partial charge on any atom is 0.304 e. The van der Waals surface area contributed by atoms with E-state index in [1.165, 1.54) is 0 Å². The van der Waals surface area contributed by atoms with Gasteiger partial charge in [-0.05, 0) is 11.8 Å². The molecule has 0 rings (SSSR count). The summed E-state index contributed by atoms with van der Waals surface area (Å²) < 4.78 is 0. The third-order valence-corrected chi connectivity index (χ3v) is 2.14. The molecule has 0 saturated carbocycles. The lowest BCUT2D eigenvalue weighted by molar-refractivity contribution is -0.137. The smallest absolute Gasteiger partial charge is 0.304 e. The number of carboxylic acids is 1. The monoisotopic (exact) mass is 159 g/mol. The summed E-state index contributed by atoms with van der Waals surface area (Å²) in [7, 11) is 0. The zero-order valence-corrected chi connectivity index (χ0v) is 7.37. The fourth-order valence-electron chi connectivity index (χ4n) is 0.882. The summed E-state index contributed by atoms with van der Waals surface area (Å²) in [4.78, 5) is 10.3. The number of aliphatic carboxylic acids is 1. The minimum atomic E-state index is -0.815. The highest BCUT2D eigenvalue weighted by Crippen LogP contribution is 2.14. The maximum absolute atomic E-state index is 10.3. The van der Waals surface area contributed by atoms with Crippen LogP contribution in [0.2, 0.25) is 0 Å². The summed E-state index contributed by atoms with van der Waals surface area (Å²) in [5.74, 6) is -0.0968. The van der Waals surface area contributed by atoms with Gasteiger partial charge in [-0.3, -0.25) is 4.79 Å². The van der Waals surface area contributed by atoms with Gasteiger partial charge in [0, 0.05) is 6.04 Å². The van der Waals surface area contributed by atoms with Gasteiger partial charge in [0.1, 0.15) is 0 Å². The summed E-state index contributed by atoms with van der Waals surface area (Å²) >= 11 is 0. The Bertz CT molecular complexity index is 134. The number of hydrogen-bond acceptors (Lipinski definition) is 2. The van der Waals surface area contributed by atoms with Crippen LogP contribution in [0.5, 0.6) is 0 Å². The number of rotatable bonds is 4. The Labute approximate surface area is 67.6 Å². The Balaban J connectivity index is 3.82. The summed E-state index contributed by atoms with van der Waals surface area (Å²) in [6, 6.07) is -0.215. The van der Waals surface area contributed by atoms with Gasteiger partial charge in [-0.1, -0.05) is 20.8 Å². The average molecular weight is 159 g/mol. The predicted molar refractivity (Wildman–Crippen MR) is 44.2 cm³/mol. The highest BCUT2D eigenvalue weighted by atomic mass is 16.4. The van der Waals surface area contributed by atoms with Crippen molar-refractivity contribution >= 4 is 5.97 Å². The number of carboxylic acid groups (broad SMARTS) is 1. The zero-order valence-electron chi connectivity index (χ0n) is 7.37. The van der Waals surface area contributed by atoms with Crippen molar-refractivity contribution in [3.8, 4) is 0 Å². The van der Waals surface area contributed by atoms with E-state index >= 15 is 0 Å². The van der Waals surface area contributed by atoms with Crippen LogP contribution < -0.4 is 5.73 Å². The molecule has 0 aliphatic carbocycles. The topological polar surface area (TPSA) is 63.3 Å². The molecule has 0 unspecified atom stereocenters. The zero-order chi connectivity index (χ0) is 9.02. The molecule has 3 nitrogen and oxygen atoms in total. The fourth-order valence-corrected chi connectivity index (χ4v) is 0.882. The summed E-state index contributed by atoms with van der Waals surface area (Å²) in [6.45, 7) is 6.08. The van der Waals surface area contributed by atoms with Crippen LogP contribution in [0.1, 0.15) is 27.2 Å². The van der Waals surface area contributed by atoms with E-state index in [9.17, 15) is 4.79 Å². The molecular weight excluding hydrogens is 142 g/mol. The molecule has 3 heteroatoms. The molecule has 0 heterocycles. The van der Waals surface area contributed by atoms with E-state index in [-0.39, 0.29) is 18.4 Å². The van der Waals surface area contributed by atoms with E-state index in [2.05, 4.69) is 0 Å². The van der Waals surface area contributed by atoms with E-state index in [1.54, 1.807) is 0 Å². The van der Waals surface area contributed by atoms with Crippen molar-refractivity contribution in [2.45, 2.75) is 33.2 Å². The fraction of sp³-hybridized carbons (Fsp3) is 0.875. The SMILES string of the molecule is CC(C)[C@H](C)[C@H](N)CC(=O)O. The van der Waals surface area contributed by atoms with Crippen molar-refractivity contribution in [3.05, 3.63) is 0 Å². The van der Waals surface area contributed by atoms with E-state index in [1.807, 2.05) is 20.8 Å². The first-order valence-corrected chi connectivity index (χ1v) is 3.92. The molecule has 0 aromatic heterocycles. The second kappa shape index (κ2) is 4.34. The van der Waals surface area contributed by atoms with Gasteiger partial charge in [-0.15, -0.1) is 0 Å². The van der Waals surface area contributed by atoms with Crippen LogP contribution in [0.25, 0.3) is 0 Å². The molecule has 3 N–H and O–H groups in total. The minimum absolute atomic E-state index is 0.0688. The Hall–Kier alpha value is -0.570. The minimum Gasteiger partial charge on any atom is -0.481 e. The van der Waals surface area contributed by atoms with Gasteiger partial charge >= 0.3 is 5.97 Å². The lowest BCUT2D eigenvalue weighted by Crippen LogP contribution is -2.33. The van der Waals surface area contributed by atoms with Gasteiger partial charge in [0.25, 0.3) is 0 Å². The molecule has 11 heavy (non-hydrogen) atoms. The molecule has 0 bridgehead atoms. The van der Waals surface area contributed by atoms with Crippen molar-refractivity contribution in [1.82, 2.24) is 0 Å². The number of nitrogens with two attached hydrogens (primary N) is 1. The van der Waals surface area contributed by atoms with E-state index in [4.69, 9.17) is 10.8 Å². The summed E-state index contributed by atoms with van der Waals surface area (Å²) in [5, 5.41) is 8.43. The van der Waals surface area contributed by atoms with Crippen LogP contribution >= 0.6 is 0 Å². The molecule has 0 aromatic carbocycles. The van der Waals surface area contributed by atoms with Gasteiger partial charge in [0.05, 0.1) is 6.42 Å². The highest BCUT2D eigenvalue weighted by molar-refractivity contribution is 5.67. The molecule has 0 spiro atoms. The third kappa shape index (κ3) is 3.98. The van der Waals surface area contributed by atoms with Gasteiger partial charge in [0.2, 0.25) is 0 Å². The Morgan fingerprint density at radius 1 is 1.45 bits per heavy atom. The summed E-state index contributed by atoms with van der Waals surface area (Å²) in [5.41, 5.74) is 5.64. The Morgan fingerprint density at radius 2 is 1.91 bits per heavy atom. The van der Waals surface area contributed by atoms with E-state index in [0.29, 0.717) is 5.92 Å². The van der Waals surface area contributed by atoms with E-state index in [0.717, 1.165) is 0 Å². The van der Waals surface area contributed by atoms with Crippen molar-refractivity contribution in [2.24, 2.45) is 17.6 Å². The third-order valence-electron chi connectivity index (χ3n) is 2.14. The standard InChI is InChI=1S/C8H17NO2/c1-5(2)6(3)7(9)4-8(10)11/h5-7H,4,9H2,1-3H3,(H,10,11)/t6-,7+/m0/s1. The number of hydrogen-bond donors (Lipinski definition) is 2. The van der Waals surface area contributed by atoms with Crippen LogP contribution in [0.15, 0.2) is 0 Å². The largest absolute Gasteiger partial charge is 0.481 e. The average Bonchev–Trinajstić information content (AvgIpc) is 1.84. The molecule has 0 fully saturated rings. The quantitative estimate of drug-likeness (QED) is 0.645. The van der Waals surface area contributed by atoms with Gasteiger partial charge in [-0.2, -0.15) is 0 Å². The molecule has 0 amide bonds. The Kier molecular flexibility index (Phi) is 4.11. The molecule has 66 valence electrons. The second-order valence-electron chi connectivity index (χ2n) is 3.36. The van der Waals surface area contributed by atoms with Crippen LogP contribution in [0.4, 0.5) is 0 Å². The molecule has 0 saturated heterocycles. The summed E-state index contributed by atoms with van der Waals surface area (Å²) in [6.07, 6.45) is 0.0688. The predicted octanol–water partition coefficient (Wildman–Crippen LogP) is 1.08. The van der Waals surface area contributed by atoms with Crippen LogP contribution in [0.3, 0.4) is 0 Å². The second-order valence-corrected chi connectivity index (χ2v) is 3.36. The Morgan fingerprint density at radius 3 is 2.18 bits per heavy atom. The van der Waals surface area contributed by atoms with Crippen molar-refractivity contribution in [1.29, 1.82) is 0 Å². The molecule has 0 aliphatic rings. The lowest BCUT2D eigenvalue weighted by atomic mass is 9.89. The van der Waals surface area contributed by atoms with Crippen molar-refractivity contribution in [3.63, 3.8) is 0 Å².